The zero-order valence-electron chi connectivity index (χ0n) is 17.5. The van der Waals surface area contributed by atoms with Crippen molar-refractivity contribution in [3.05, 3.63) is 95.6 Å². The van der Waals surface area contributed by atoms with Gasteiger partial charge in [0, 0.05) is 6.16 Å². The number of benzene rings is 2. The van der Waals surface area contributed by atoms with Crippen LogP contribution >= 0.6 is 22.5 Å². The van der Waals surface area contributed by atoms with E-state index in [4.69, 9.17) is 12.9 Å². The predicted molar refractivity (Wildman–Crippen MR) is 129 cm³/mol. The van der Waals surface area contributed by atoms with Crippen molar-refractivity contribution < 1.29 is 22.1 Å². The highest BCUT2D eigenvalue weighted by Gasteiger charge is 2.49. The van der Waals surface area contributed by atoms with Crippen molar-refractivity contribution in [1.29, 1.82) is 0 Å². The molecule has 0 amide bonds. The average molecular weight is 476 g/mol. The Bertz CT molecular complexity index is 1060. The second kappa shape index (κ2) is 9.20. The summed E-state index contributed by atoms with van der Waals surface area (Å²) in [6.07, 6.45) is 11.5. The Hall–Kier alpha value is -1.44. The first-order chi connectivity index (χ1) is 14.8. The summed E-state index contributed by atoms with van der Waals surface area (Å²) in [6.45, 7) is 2.12. The molecule has 0 radical (unpaired) electrons. The van der Waals surface area contributed by atoms with Crippen LogP contribution in [0, 0.1) is 5.92 Å². The molecular weight excluding hydrogens is 449 g/mol. The van der Waals surface area contributed by atoms with E-state index in [0.717, 1.165) is 23.1 Å². The predicted octanol–water partition coefficient (Wildman–Crippen LogP) is 7.64. The number of rotatable bonds is 6. The summed E-state index contributed by atoms with van der Waals surface area (Å²) in [4.78, 5) is 0. The molecule has 1 saturated heterocycles. The molecule has 1 fully saturated rings. The van der Waals surface area contributed by atoms with E-state index in [2.05, 4.69) is 19.3 Å². The Morgan fingerprint density at radius 2 is 1.39 bits per heavy atom. The second-order valence-corrected chi connectivity index (χ2v) is 15.1. The lowest BCUT2D eigenvalue weighted by Crippen LogP contribution is -2.11. The maximum atomic E-state index is 13.8. The van der Waals surface area contributed by atoms with E-state index in [1.807, 2.05) is 72.8 Å². The molecule has 1 aliphatic heterocycles. The lowest BCUT2D eigenvalue weighted by molar-refractivity contribution is 0.306. The summed E-state index contributed by atoms with van der Waals surface area (Å²) in [7, 11) is -10.5. The van der Waals surface area contributed by atoms with Crippen LogP contribution in [-0.2, 0) is 34.4 Å². The lowest BCUT2D eigenvalue weighted by atomic mass is 10.00. The molecule has 4 unspecified atom stereocenters. The summed E-state index contributed by atoms with van der Waals surface area (Å²) in [5.74, 6) is 0.433. The summed E-state index contributed by atoms with van der Waals surface area (Å²) in [6, 6.07) is 18.9. The van der Waals surface area contributed by atoms with Gasteiger partial charge in [-0.05, 0) is 29.0 Å². The van der Waals surface area contributed by atoms with Crippen LogP contribution < -0.4 is 0 Å². The molecule has 2 aromatic rings. The molecule has 8 heteroatoms. The van der Waals surface area contributed by atoms with Gasteiger partial charge >= 0.3 is 15.2 Å². The monoisotopic (exact) mass is 476 g/mol. The molecule has 2 aliphatic rings. The standard InChI is InChI=1S/C23H27O5P3/c1-20-13-15-23(16-14-20)19-31(25)27-29(2,17-21-9-5-3-6-10-21)26-30(24,28-31)18-22-11-7-4-8-12-22/h3-13,15-16,20H,2,14,17-19H2,1H3. The van der Waals surface area contributed by atoms with Crippen molar-refractivity contribution in [2.45, 2.75) is 25.7 Å². The van der Waals surface area contributed by atoms with Crippen LogP contribution in [0.2, 0.25) is 0 Å². The van der Waals surface area contributed by atoms with E-state index in [-0.39, 0.29) is 12.3 Å². The summed E-state index contributed by atoms with van der Waals surface area (Å²) >= 11 is 0. The normalized spacial score (nSPS) is 33.1. The summed E-state index contributed by atoms with van der Waals surface area (Å²) in [5.41, 5.74) is 2.58. The largest absolute Gasteiger partial charge is 0.347 e. The highest BCUT2D eigenvalue weighted by Crippen LogP contribution is 2.83. The summed E-state index contributed by atoms with van der Waals surface area (Å²) < 4.78 is 45.3. The van der Waals surface area contributed by atoms with E-state index in [9.17, 15) is 9.13 Å². The van der Waals surface area contributed by atoms with Gasteiger partial charge in [0.05, 0.1) is 12.3 Å². The number of hydrogen-bond donors (Lipinski definition) is 0. The lowest BCUT2D eigenvalue weighted by Gasteiger charge is -2.38. The SMILES string of the molecule is C=P1(Cc2ccccc2)OP(=O)(CC2=CCC(C)C=C2)OP(=O)(Cc2ccccc2)O1. The van der Waals surface area contributed by atoms with Gasteiger partial charge in [0.25, 0.3) is 0 Å². The third kappa shape index (κ3) is 6.08. The smallest absolute Gasteiger partial charge is 0.261 e. The van der Waals surface area contributed by atoms with Crippen molar-refractivity contribution in [1.82, 2.24) is 0 Å². The Labute approximate surface area is 184 Å². The van der Waals surface area contributed by atoms with E-state index in [1.165, 1.54) is 0 Å². The first-order valence-electron chi connectivity index (χ1n) is 10.2. The molecule has 1 heterocycles. The van der Waals surface area contributed by atoms with Gasteiger partial charge in [0.1, 0.15) is 7.34 Å². The molecule has 4 atom stereocenters. The molecule has 4 rings (SSSR count). The Morgan fingerprint density at radius 3 is 1.94 bits per heavy atom. The maximum absolute atomic E-state index is 13.8. The maximum Gasteiger partial charge on any atom is 0.347 e. The van der Waals surface area contributed by atoms with Gasteiger partial charge in [-0.15, -0.1) is 0 Å². The fourth-order valence-corrected chi connectivity index (χ4v) is 13.4. The van der Waals surface area contributed by atoms with E-state index >= 15 is 0 Å². The van der Waals surface area contributed by atoms with Gasteiger partial charge < -0.3 is 0 Å². The first kappa shape index (κ1) is 22.7. The molecular formula is C23H27O5P3. The van der Waals surface area contributed by atoms with Crippen molar-refractivity contribution >= 4 is 28.8 Å². The van der Waals surface area contributed by atoms with E-state index in [0.29, 0.717) is 12.1 Å². The fourth-order valence-electron chi connectivity index (χ4n) is 3.64. The molecule has 0 N–H and O–H groups in total. The average Bonchev–Trinajstić information content (AvgIpc) is 2.69. The zero-order chi connectivity index (χ0) is 22.0. The Morgan fingerprint density at radius 1 is 0.839 bits per heavy atom. The molecule has 0 aromatic heterocycles. The minimum absolute atomic E-state index is 0.0270. The molecule has 1 aliphatic carbocycles. The molecule has 2 aromatic carbocycles. The number of allylic oxidation sites excluding steroid dienone is 4. The Kier molecular flexibility index (Phi) is 6.75. The van der Waals surface area contributed by atoms with Gasteiger partial charge in [-0.2, -0.15) is 0 Å². The van der Waals surface area contributed by atoms with Crippen LogP contribution in [0.3, 0.4) is 0 Å². The molecule has 0 spiro atoms. The quantitative estimate of drug-likeness (QED) is 0.401. The highest BCUT2D eigenvalue weighted by molar-refractivity contribution is 7.83. The van der Waals surface area contributed by atoms with Crippen molar-refractivity contribution in [3.8, 4) is 0 Å². The van der Waals surface area contributed by atoms with Gasteiger partial charge in [-0.3, -0.25) is 17.8 Å². The minimum atomic E-state index is -3.75. The van der Waals surface area contributed by atoms with E-state index in [1.54, 1.807) is 0 Å². The van der Waals surface area contributed by atoms with Crippen molar-refractivity contribution in [2.75, 3.05) is 6.16 Å². The summed E-state index contributed by atoms with van der Waals surface area (Å²) in [5, 5.41) is 0. The molecule has 0 bridgehead atoms. The number of hydrogen-bond acceptors (Lipinski definition) is 5. The first-order valence-corrected chi connectivity index (χ1v) is 15.7. The van der Waals surface area contributed by atoms with Crippen LogP contribution in [0.25, 0.3) is 0 Å². The third-order valence-electron chi connectivity index (χ3n) is 5.05. The van der Waals surface area contributed by atoms with Gasteiger partial charge in [0.15, 0.2) is 0 Å². The van der Waals surface area contributed by atoms with E-state index < -0.39 is 22.5 Å². The highest BCUT2D eigenvalue weighted by atomic mass is 31.3. The van der Waals surface area contributed by atoms with Gasteiger partial charge in [-0.1, -0.05) is 92.1 Å². The Balaban J connectivity index is 1.64. The molecule has 164 valence electrons. The topological polar surface area (TPSA) is 61.8 Å². The third-order valence-corrected chi connectivity index (χ3v) is 13.8. The fraction of sp³-hybridized carbons (Fsp3) is 0.261. The van der Waals surface area contributed by atoms with Crippen LogP contribution in [0.4, 0.5) is 0 Å². The van der Waals surface area contributed by atoms with Crippen LogP contribution in [0.5, 0.6) is 0 Å². The van der Waals surface area contributed by atoms with Crippen LogP contribution in [0.15, 0.2) is 84.5 Å². The van der Waals surface area contributed by atoms with Crippen LogP contribution in [-0.4, -0.2) is 12.5 Å². The molecule has 31 heavy (non-hydrogen) atoms. The van der Waals surface area contributed by atoms with Crippen LogP contribution in [0.1, 0.15) is 24.5 Å². The molecule has 5 nitrogen and oxygen atoms in total. The molecule has 0 saturated carbocycles. The van der Waals surface area contributed by atoms with Crippen molar-refractivity contribution in [3.63, 3.8) is 0 Å². The van der Waals surface area contributed by atoms with Gasteiger partial charge in [-0.25, -0.2) is 4.31 Å². The minimum Gasteiger partial charge on any atom is -0.261 e. The van der Waals surface area contributed by atoms with Crippen molar-refractivity contribution in [2.24, 2.45) is 5.92 Å². The zero-order valence-corrected chi connectivity index (χ0v) is 20.2. The van der Waals surface area contributed by atoms with Gasteiger partial charge in [0.2, 0.25) is 0 Å². The second-order valence-electron chi connectivity index (χ2n) is 8.08.